The van der Waals surface area contributed by atoms with Crippen LogP contribution in [0.3, 0.4) is 0 Å². The van der Waals surface area contributed by atoms with Gasteiger partial charge in [0.2, 0.25) is 0 Å². The lowest BCUT2D eigenvalue weighted by atomic mass is 10.1. The van der Waals surface area contributed by atoms with Crippen LogP contribution in [0.25, 0.3) is 0 Å². The average molecular weight is 414 g/mol. The molecule has 0 radical (unpaired) electrons. The van der Waals surface area contributed by atoms with Crippen LogP contribution in [0.4, 0.5) is 5.69 Å². The molecule has 28 heavy (non-hydrogen) atoms. The SMILES string of the molecule is COc1cc(CN[C@H](Cc2ccsc2)c2nc(C)cs2)ccc1N1CCCC1. The lowest BCUT2D eigenvalue weighted by Gasteiger charge is -2.22. The van der Waals surface area contributed by atoms with Crippen molar-refractivity contribution in [2.75, 3.05) is 25.1 Å². The summed E-state index contributed by atoms with van der Waals surface area (Å²) < 4.78 is 5.70. The number of anilines is 1. The normalized spacial score (nSPS) is 15.1. The summed E-state index contributed by atoms with van der Waals surface area (Å²) in [6.07, 6.45) is 3.49. The first-order valence-electron chi connectivity index (χ1n) is 9.81. The van der Waals surface area contributed by atoms with E-state index in [4.69, 9.17) is 9.72 Å². The maximum absolute atomic E-state index is 5.70. The molecule has 0 spiro atoms. The molecule has 1 aliphatic rings. The van der Waals surface area contributed by atoms with E-state index in [9.17, 15) is 0 Å². The van der Waals surface area contributed by atoms with Gasteiger partial charge in [-0.15, -0.1) is 11.3 Å². The van der Waals surface area contributed by atoms with Crippen LogP contribution in [0.5, 0.6) is 5.75 Å². The largest absolute Gasteiger partial charge is 0.495 e. The molecule has 3 heterocycles. The molecule has 1 aliphatic heterocycles. The number of nitrogens with one attached hydrogen (secondary N) is 1. The second kappa shape index (κ2) is 9.07. The van der Waals surface area contributed by atoms with Gasteiger partial charge in [0.05, 0.1) is 18.8 Å². The number of methoxy groups -OCH3 is 1. The number of thiazole rings is 1. The van der Waals surface area contributed by atoms with Gasteiger partial charge in [-0.3, -0.25) is 0 Å². The molecule has 1 atom stereocenters. The molecule has 1 saturated heterocycles. The number of hydrogen-bond acceptors (Lipinski definition) is 6. The van der Waals surface area contributed by atoms with E-state index in [1.165, 1.54) is 29.7 Å². The minimum atomic E-state index is 0.220. The molecule has 3 aromatic rings. The molecule has 1 N–H and O–H groups in total. The Hall–Kier alpha value is -1.89. The Morgan fingerprint density at radius 1 is 1.18 bits per heavy atom. The molecule has 1 aromatic carbocycles. The number of ether oxygens (including phenoxy) is 1. The van der Waals surface area contributed by atoms with Crippen LogP contribution in [0, 0.1) is 6.92 Å². The molecule has 0 aliphatic carbocycles. The zero-order chi connectivity index (χ0) is 19.3. The third-order valence-corrected chi connectivity index (χ3v) is 7.01. The van der Waals surface area contributed by atoms with E-state index in [0.29, 0.717) is 0 Å². The van der Waals surface area contributed by atoms with Crippen molar-refractivity contribution in [1.82, 2.24) is 10.3 Å². The van der Waals surface area contributed by atoms with Gasteiger partial charge in [-0.05, 0) is 66.3 Å². The van der Waals surface area contributed by atoms with E-state index in [-0.39, 0.29) is 6.04 Å². The number of thiophene rings is 1. The predicted octanol–water partition coefficient (Wildman–Crippen LogP) is 5.20. The lowest BCUT2D eigenvalue weighted by Crippen LogP contribution is -2.23. The number of benzene rings is 1. The van der Waals surface area contributed by atoms with Crippen molar-refractivity contribution in [3.8, 4) is 5.75 Å². The van der Waals surface area contributed by atoms with Crippen LogP contribution in [0.2, 0.25) is 0 Å². The molecule has 148 valence electrons. The van der Waals surface area contributed by atoms with Gasteiger partial charge in [0.15, 0.2) is 0 Å². The Morgan fingerprint density at radius 2 is 2.04 bits per heavy atom. The first-order valence-corrected chi connectivity index (χ1v) is 11.6. The van der Waals surface area contributed by atoms with Crippen LogP contribution < -0.4 is 15.0 Å². The number of nitrogens with zero attached hydrogens (tertiary/aromatic N) is 2. The summed E-state index contributed by atoms with van der Waals surface area (Å²) in [5.74, 6) is 0.973. The van der Waals surface area contributed by atoms with E-state index >= 15 is 0 Å². The molecule has 4 nitrogen and oxygen atoms in total. The van der Waals surface area contributed by atoms with E-state index in [2.05, 4.69) is 57.5 Å². The Labute approximate surface area is 175 Å². The Bertz CT molecular complexity index is 885. The third kappa shape index (κ3) is 4.57. The van der Waals surface area contributed by atoms with E-state index < -0.39 is 0 Å². The highest BCUT2D eigenvalue weighted by Gasteiger charge is 2.18. The fourth-order valence-corrected chi connectivity index (χ4v) is 5.27. The van der Waals surface area contributed by atoms with Gasteiger partial charge in [0.1, 0.15) is 10.8 Å². The fourth-order valence-electron chi connectivity index (χ4n) is 3.72. The number of rotatable bonds is 8. The Balaban J connectivity index is 1.48. The molecule has 4 rings (SSSR count). The maximum atomic E-state index is 5.70. The van der Waals surface area contributed by atoms with Crippen LogP contribution in [-0.4, -0.2) is 25.2 Å². The number of hydrogen-bond donors (Lipinski definition) is 1. The van der Waals surface area contributed by atoms with Crippen LogP contribution in [0.1, 0.15) is 40.7 Å². The molecular weight excluding hydrogens is 386 g/mol. The van der Waals surface area contributed by atoms with Crippen LogP contribution in [-0.2, 0) is 13.0 Å². The van der Waals surface area contributed by atoms with Crippen molar-refractivity contribution in [1.29, 1.82) is 0 Å². The van der Waals surface area contributed by atoms with Gasteiger partial charge >= 0.3 is 0 Å². The molecule has 1 fully saturated rings. The zero-order valence-electron chi connectivity index (χ0n) is 16.5. The Morgan fingerprint density at radius 3 is 2.71 bits per heavy atom. The molecule has 6 heteroatoms. The highest BCUT2D eigenvalue weighted by Crippen LogP contribution is 2.32. The molecule has 0 saturated carbocycles. The van der Waals surface area contributed by atoms with Crippen molar-refractivity contribution in [2.45, 2.75) is 38.8 Å². The van der Waals surface area contributed by atoms with Crippen LogP contribution >= 0.6 is 22.7 Å². The third-order valence-electron chi connectivity index (χ3n) is 5.20. The van der Waals surface area contributed by atoms with Gasteiger partial charge in [0.25, 0.3) is 0 Å². The standard InChI is InChI=1S/C22H27N3OS2/c1-16-14-28-22(24-16)19(11-18-7-10-27-15-18)23-13-17-5-6-20(21(12-17)26-2)25-8-3-4-9-25/h5-7,10,12,14-15,19,23H,3-4,8-9,11,13H2,1-2H3/t19-/m1/s1. The molecule has 0 unspecified atom stereocenters. The van der Waals surface area contributed by atoms with E-state index in [0.717, 1.165) is 42.5 Å². The quantitative estimate of drug-likeness (QED) is 0.551. The molecule has 2 aromatic heterocycles. The summed E-state index contributed by atoms with van der Waals surface area (Å²) in [6.45, 7) is 5.10. The van der Waals surface area contributed by atoms with Gasteiger partial charge in [-0.25, -0.2) is 4.98 Å². The lowest BCUT2D eigenvalue weighted by molar-refractivity contribution is 0.413. The average Bonchev–Trinajstić information content (AvgIpc) is 3.47. The summed E-state index contributed by atoms with van der Waals surface area (Å²) in [6, 6.07) is 9.03. The summed E-state index contributed by atoms with van der Waals surface area (Å²) in [4.78, 5) is 7.16. The van der Waals surface area contributed by atoms with Crippen molar-refractivity contribution in [3.05, 3.63) is 62.2 Å². The first-order chi connectivity index (χ1) is 13.7. The van der Waals surface area contributed by atoms with Crippen LogP contribution in [0.15, 0.2) is 40.4 Å². The van der Waals surface area contributed by atoms with E-state index in [1.54, 1.807) is 29.8 Å². The summed E-state index contributed by atoms with van der Waals surface area (Å²) in [7, 11) is 1.77. The van der Waals surface area contributed by atoms with E-state index in [1.807, 2.05) is 0 Å². The second-order valence-electron chi connectivity index (χ2n) is 7.30. The van der Waals surface area contributed by atoms with Crippen molar-refractivity contribution < 1.29 is 4.74 Å². The Kier molecular flexibility index (Phi) is 6.29. The maximum Gasteiger partial charge on any atom is 0.142 e. The highest BCUT2D eigenvalue weighted by atomic mass is 32.1. The monoisotopic (exact) mass is 413 g/mol. The fraction of sp³-hybridized carbons (Fsp3) is 0.409. The molecule has 0 amide bonds. The number of aromatic nitrogens is 1. The van der Waals surface area contributed by atoms with Crippen molar-refractivity contribution in [3.63, 3.8) is 0 Å². The summed E-state index contributed by atoms with van der Waals surface area (Å²) in [5.41, 5.74) is 4.91. The minimum absolute atomic E-state index is 0.220. The highest BCUT2D eigenvalue weighted by molar-refractivity contribution is 7.09. The smallest absolute Gasteiger partial charge is 0.142 e. The summed E-state index contributed by atoms with van der Waals surface area (Å²) in [5, 5.41) is 11.4. The summed E-state index contributed by atoms with van der Waals surface area (Å²) >= 11 is 3.49. The molecule has 0 bridgehead atoms. The minimum Gasteiger partial charge on any atom is -0.495 e. The van der Waals surface area contributed by atoms with Gasteiger partial charge in [-0.2, -0.15) is 11.3 Å². The topological polar surface area (TPSA) is 37.4 Å². The predicted molar refractivity (Wildman–Crippen MR) is 119 cm³/mol. The zero-order valence-corrected chi connectivity index (χ0v) is 18.1. The second-order valence-corrected chi connectivity index (χ2v) is 8.97. The van der Waals surface area contributed by atoms with Crippen molar-refractivity contribution >= 4 is 28.4 Å². The molecular formula is C22H27N3OS2. The van der Waals surface area contributed by atoms with Gasteiger partial charge in [-0.1, -0.05) is 6.07 Å². The van der Waals surface area contributed by atoms with Gasteiger partial charge in [0, 0.05) is 30.7 Å². The van der Waals surface area contributed by atoms with Crippen molar-refractivity contribution in [2.24, 2.45) is 0 Å². The number of aryl methyl sites for hydroxylation is 1. The van der Waals surface area contributed by atoms with Gasteiger partial charge < -0.3 is 15.0 Å². The first kappa shape index (κ1) is 19.4.